The quantitative estimate of drug-likeness (QED) is 0.894. The molecule has 5 nitrogen and oxygen atoms in total. The highest BCUT2D eigenvalue weighted by Gasteiger charge is 2.13. The number of hydrogen-bond acceptors (Lipinski definition) is 3. The number of nitrogens with zero attached hydrogens (tertiary/aromatic N) is 2. The van der Waals surface area contributed by atoms with Gasteiger partial charge in [-0.05, 0) is 40.5 Å². The van der Waals surface area contributed by atoms with Crippen molar-refractivity contribution in [3.8, 4) is 6.07 Å². The Balaban J connectivity index is 2.25. The van der Waals surface area contributed by atoms with Gasteiger partial charge >= 0.3 is 0 Å². The first-order valence-electron chi connectivity index (χ1n) is 5.13. The molecule has 0 aliphatic rings. The highest BCUT2D eigenvalue weighted by molar-refractivity contribution is 9.10. The topological polar surface area (TPSA) is 81.6 Å². The lowest BCUT2D eigenvalue weighted by Crippen LogP contribution is -2.13. The van der Waals surface area contributed by atoms with Crippen LogP contribution in [-0.2, 0) is 0 Å². The molecule has 2 N–H and O–H groups in total. The summed E-state index contributed by atoms with van der Waals surface area (Å²) in [5.41, 5.74) is 1.85. The minimum Gasteiger partial charge on any atom is -0.306 e. The van der Waals surface area contributed by atoms with E-state index >= 15 is 0 Å². The first kappa shape index (κ1) is 12.3. The van der Waals surface area contributed by atoms with E-state index in [4.69, 9.17) is 5.26 Å². The first-order chi connectivity index (χ1) is 8.61. The normalized spacial score (nSPS) is 9.83. The molecule has 0 radical (unpaired) electrons. The Labute approximate surface area is 112 Å². The van der Waals surface area contributed by atoms with Gasteiger partial charge in [-0.25, -0.2) is 0 Å². The van der Waals surface area contributed by atoms with Crippen LogP contribution in [0.5, 0.6) is 0 Å². The van der Waals surface area contributed by atoms with Crippen LogP contribution in [0.2, 0.25) is 0 Å². The molecule has 2 aromatic rings. The summed E-state index contributed by atoms with van der Waals surface area (Å²) in [5, 5.41) is 17.7. The van der Waals surface area contributed by atoms with E-state index < -0.39 is 0 Å². The summed E-state index contributed by atoms with van der Waals surface area (Å²) in [5.74, 6) is -0.00222. The second-order valence-corrected chi connectivity index (χ2v) is 4.56. The summed E-state index contributed by atoms with van der Waals surface area (Å²) < 4.78 is 0.707. The second kappa shape index (κ2) is 5.02. The Bertz CT molecular complexity index is 642. The van der Waals surface area contributed by atoms with Crippen LogP contribution in [0.4, 0.5) is 5.82 Å². The molecule has 90 valence electrons. The summed E-state index contributed by atoms with van der Waals surface area (Å²) in [4.78, 5) is 12.0. The molecular formula is C12H9BrN4O. The Kier molecular flexibility index (Phi) is 3.44. The van der Waals surface area contributed by atoms with Gasteiger partial charge in [-0.1, -0.05) is 6.07 Å². The first-order valence-corrected chi connectivity index (χ1v) is 5.92. The number of H-pyrrole nitrogens is 1. The molecule has 0 aliphatic heterocycles. The van der Waals surface area contributed by atoms with Gasteiger partial charge in [0.2, 0.25) is 0 Å². The molecule has 6 heteroatoms. The zero-order valence-electron chi connectivity index (χ0n) is 9.49. The van der Waals surface area contributed by atoms with Gasteiger partial charge in [-0.3, -0.25) is 9.89 Å². The number of aryl methyl sites for hydroxylation is 1. The summed E-state index contributed by atoms with van der Waals surface area (Å²) in [6.07, 6.45) is 1.36. The van der Waals surface area contributed by atoms with Crippen LogP contribution >= 0.6 is 15.9 Å². The third kappa shape index (κ3) is 2.41. The molecule has 0 bridgehead atoms. The maximum absolute atomic E-state index is 12.0. The molecule has 0 saturated heterocycles. The van der Waals surface area contributed by atoms with Crippen LogP contribution in [-0.4, -0.2) is 16.1 Å². The molecule has 0 atom stereocenters. The number of halogens is 1. The van der Waals surface area contributed by atoms with Gasteiger partial charge in [-0.15, -0.1) is 0 Å². The zero-order chi connectivity index (χ0) is 13.1. The monoisotopic (exact) mass is 304 g/mol. The van der Waals surface area contributed by atoms with E-state index in [1.54, 1.807) is 6.07 Å². The van der Waals surface area contributed by atoms with Gasteiger partial charge < -0.3 is 5.32 Å². The number of nitriles is 1. The fourth-order valence-electron chi connectivity index (χ4n) is 1.45. The lowest BCUT2D eigenvalue weighted by atomic mass is 10.1. The molecule has 18 heavy (non-hydrogen) atoms. The van der Waals surface area contributed by atoms with E-state index in [0.717, 1.165) is 5.56 Å². The average molecular weight is 305 g/mol. The Morgan fingerprint density at radius 1 is 1.56 bits per heavy atom. The predicted octanol–water partition coefficient (Wildman–Crippen LogP) is 2.60. The third-order valence-electron chi connectivity index (χ3n) is 2.37. The number of anilines is 1. The van der Waals surface area contributed by atoms with Gasteiger partial charge in [0.15, 0.2) is 0 Å². The Morgan fingerprint density at radius 2 is 2.33 bits per heavy atom. The number of nitrogens with one attached hydrogen (secondary N) is 2. The number of amides is 1. The van der Waals surface area contributed by atoms with Crippen molar-refractivity contribution in [2.45, 2.75) is 6.92 Å². The summed E-state index contributed by atoms with van der Waals surface area (Å²) >= 11 is 3.34. The minimum absolute atomic E-state index is 0.298. The van der Waals surface area contributed by atoms with Gasteiger partial charge in [0.25, 0.3) is 5.91 Å². The van der Waals surface area contributed by atoms with Crippen LogP contribution in [0.3, 0.4) is 0 Å². The van der Waals surface area contributed by atoms with Crippen molar-refractivity contribution < 1.29 is 4.79 Å². The summed E-state index contributed by atoms with van der Waals surface area (Å²) in [6, 6.07) is 7.35. The van der Waals surface area contributed by atoms with Crippen molar-refractivity contribution in [1.82, 2.24) is 10.2 Å². The predicted molar refractivity (Wildman–Crippen MR) is 70.1 cm³/mol. The van der Waals surface area contributed by atoms with E-state index in [1.165, 1.54) is 6.20 Å². The largest absolute Gasteiger partial charge is 0.306 e. The van der Waals surface area contributed by atoms with Crippen molar-refractivity contribution in [3.63, 3.8) is 0 Å². The molecule has 1 aromatic heterocycles. The van der Waals surface area contributed by atoms with E-state index in [-0.39, 0.29) is 5.91 Å². The number of rotatable bonds is 2. The molecule has 2 rings (SSSR count). The second-order valence-electron chi connectivity index (χ2n) is 3.71. The van der Waals surface area contributed by atoms with Gasteiger partial charge in [-0.2, -0.15) is 10.4 Å². The lowest BCUT2D eigenvalue weighted by Gasteiger charge is -2.06. The van der Waals surface area contributed by atoms with Gasteiger partial charge in [0, 0.05) is 4.47 Å². The fourth-order valence-corrected chi connectivity index (χ4v) is 2.12. The van der Waals surface area contributed by atoms with Gasteiger partial charge in [0.1, 0.15) is 17.5 Å². The molecule has 0 unspecified atom stereocenters. The van der Waals surface area contributed by atoms with Crippen molar-refractivity contribution >= 4 is 27.7 Å². The van der Waals surface area contributed by atoms with Crippen LogP contribution in [0, 0.1) is 18.3 Å². The summed E-state index contributed by atoms with van der Waals surface area (Å²) in [6.45, 7) is 1.94. The minimum atomic E-state index is -0.303. The highest BCUT2D eigenvalue weighted by atomic mass is 79.9. The molecule has 0 fully saturated rings. The number of aromatic amines is 1. The standard InChI is InChI=1S/C12H9BrN4O/c1-7-2-3-9(10(13)4-7)12(18)16-11-8(5-14)6-15-17-11/h2-4,6H,1H3,(H2,15,16,17,18). The average Bonchev–Trinajstić information content (AvgIpc) is 2.76. The molecule has 0 aliphatic carbocycles. The molecule has 1 aromatic carbocycles. The van der Waals surface area contributed by atoms with E-state index in [0.29, 0.717) is 21.4 Å². The maximum atomic E-state index is 12.0. The fraction of sp³-hybridized carbons (Fsp3) is 0.0833. The van der Waals surface area contributed by atoms with Crippen molar-refractivity contribution in [1.29, 1.82) is 5.26 Å². The Morgan fingerprint density at radius 3 is 3.00 bits per heavy atom. The van der Waals surface area contributed by atoms with E-state index in [9.17, 15) is 4.79 Å². The molecule has 0 saturated carbocycles. The zero-order valence-corrected chi connectivity index (χ0v) is 11.1. The van der Waals surface area contributed by atoms with Crippen molar-refractivity contribution in [2.24, 2.45) is 0 Å². The maximum Gasteiger partial charge on any atom is 0.257 e. The molecule has 0 spiro atoms. The Hall–Kier alpha value is -2.13. The molecular weight excluding hydrogens is 296 g/mol. The SMILES string of the molecule is Cc1ccc(C(=O)Nc2[nH]ncc2C#N)c(Br)c1. The van der Waals surface area contributed by atoms with Gasteiger partial charge in [0.05, 0.1) is 11.8 Å². The number of carbonyl (C=O) groups excluding carboxylic acids is 1. The van der Waals surface area contributed by atoms with E-state index in [2.05, 4.69) is 31.4 Å². The molecule has 1 heterocycles. The number of carbonyl (C=O) groups is 1. The van der Waals surface area contributed by atoms with Crippen LogP contribution in [0.15, 0.2) is 28.9 Å². The van der Waals surface area contributed by atoms with Crippen LogP contribution in [0.25, 0.3) is 0 Å². The van der Waals surface area contributed by atoms with Crippen molar-refractivity contribution in [3.05, 3.63) is 45.6 Å². The number of benzene rings is 1. The molecule has 1 amide bonds. The van der Waals surface area contributed by atoms with Crippen LogP contribution in [0.1, 0.15) is 21.5 Å². The highest BCUT2D eigenvalue weighted by Crippen LogP contribution is 2.20. The summed E-state index contributed by atoms with van der Waals surface area (Å²) in [7, 11) is 0. The third-order valence-corrected chi connectivity index (χ3v) is 3.02. The number of aromatic nitrogens is 2. The van der Waals surface area contributed by atoms with E-state index in [1.807, 2.05) is 25.1 Å². The lowest BCUT2D eigenvalue weighted by molar-refractivity contribution is 0.102. The smallest absolute Gasteiger partial charge is 0.257 e. The van der Waals surface area contributed by atoms with Crippen molar-refractivity contribution in [2.75, 3.05) is 5.32 Å². The number of hydrogen-bond donors (Lipinski definition) is 2. The van der Waals surface area contributed by atoms with Crippen LogP contribution < -0.4 is 5.32 Å².